The third-order valence-electron chi connectivity index (χ3n) is 3.19. The largest absolute Gasteiger partial charge is 0.507 e. The Morgan fingerprint density at radius 3 is 2.64 bits per heavy atom. The average Bonchev–Trinajstić information content (AvgIpc) is 2.60. The fourth-order valence-electron chi connectivity index (χ4n) is 1.97. The van der Waals surface area contributed by atoms with Gasteiger partial charge in [0.05, 0.1) is 11.6 Å². The van der Waals surface area contributed by atoms with Gasteiger partial charge in [-0.3, -0.25) is 4.79 Å². The summed E-state index contributed by atoms with van der Waals surface area (Å²) in [6.45, 7) is 0.129. The molecule has 0 amide bonds. The van der Waals surface area contributed by atoms with E-state index in [1.807, 2.05) is 0 Å². The molecule has 2 aromatic carbocycles. The van der Waals surface area contributed by atoms with Crippen LogP contribution in [-0.4, -0.2) is 22.0 Å². The predicted molar refractivity (Wildman–Crippen MR) is 92.9 cm³/mol. The molecule has 0 saturated heterocycles. The molecule has 0 spiro atoms. The molecular formula is C18H12BrNO5. The van der Waals surface area contributed by atoms with Gasteiger partial charge in [0.15, 0.2) is 0 Å². The van der Waals surface area contributed by atoms with Crippen molar-refractivity contribution in [3.8, 4) is 11.8 Å². The van der Waals surface area contributed by atoms with Gasteiger partial charge in [-0.2, -0.15) is 5.26 Å². The number of hydrogen-bond donors (Lipinski definition) is 2. The summed E-state index contributed by atoms with van der Waals surface area (Å²) >= 11 is 3.33. The molecule has 0 saturated carbocycles. The maximum absolute atomic E-state index is 11.1. The lowest BCUT2D eigenvalue weighted by Gasteiger charge is -2.09. The number of ether oxygens (including phenoxy) is 1. The van der Waals surface area contributed by atoms with Gasteiger partial charge in [0.2, 0.25) is 0 Å². The average molecular weight is 402 g/mol. The molecule has 2 rings (SSSR count). The number of nitriles is 1. The minimum absolute atomic E-state index is 0.129. The molecule has 0 heterocycles. The summed E-state index contributed by atoms with van der Waals surface area (Å²) in [7, 11) is 0. The minimum Gasteiger partial charge on any atom is -0.507 e. The first-order valence-electron chi connectivity index (χ1n) is 7.00. The van der Waals surface area contributed by atoms with Crippen LogP contribution in [0.4, 0.5) is 0 Å². The number of hydrogen-bond acceptors (Lipinski definition) is 5. The summed E-state index contributed by atoms with van der Waals surface area (Å²) in [6, 6.07) is 13.5. The summed E-state index contributed by atoms with van der Waals surface area (Å²) in [5, 5.41) is 27.5. The molecule has 6 nitrogen and oxygen atoms in total. The van der Waals surface area contributed by atoms with Crippen molar-refractivity contribution in [2.45, 2.75) is 6.61 Å². The number of ketones is 1. The van der Waals surface area contributed by atoms with E-state index in [-0.39, 0.29) is 12.2 Å². The third-order valence-corrected chi connectivity index (χ3v) is 3.68. The van der Waals surface area contributed by atoms with Gasteiger partial charge in [-0.1, -0.05) is 28.1 Å². The van der Waals surface area contributed by atoms with Crippen LogP contribution in [0.5, 0.6) is 5.75 Å². The van der Waals surface area contributed by atoms with Crippen LogP contribution < -0.4 is 4.74 Å². The van der Waals surface area contributed by atoms with E-state index in [9.17, 15) is 14.7 Å². The molecule has 7 heteroatoms. The number of rotatable bonds is 6. The van der Waals surface area contributed by atoms with Crippen LogP contribution in [0, 0.1) is 11.3 Å². The number of aliphatic carboxylic acids is 1. The van der Waals surface area contributed by atoms with Gasteiger partial charge >= 0.3 is 5.97 Å². The van der Waals surface area contributed by atoms with Crippen molar-refractivity contribution in [1.82, 2.24) is 0 Å². The molecule has 25 heavy (non-hydrogen) atoms. The maximum atomic E-state index is 11.1. The zero-order chi connectivity index (χ0) is 18.4. The summed E-state index contributed by atoms with van der Waals surface area (Å²) in [4.78, 5) is 21.6. The number of benzene rings is 2. The molecule has 0 radical (unpaired) electrons. The Labute approximate surface area is 151 Å². The molecule has 2 aromatic rings. The van der Waals surface area contributed by atoms with Crippen molar-refractivity contribution in [1.29, 1.82) is 5.26 Å². The van der Waals surface area contributed by atoms with Crippen LogP contribution in [0.3, 0.4) is 0 Å². The maximum Gasteiger partial charge on any atom is 0.376 e. The van der Waals surface area contributed by atoms with Gasteiger partial charge in [0.25, 0.3) is 5.78 Å². The molecule has 2 N–H and O–H groups in total. The predicted octanol–water partition coefficient (Wildman–Crippen LogP) is 3.45. The minimum atomic E-state index is -1.65. The highest BCUT2D eigenvalue weighted by Crippen LogP contribution is 2.22. The second kappa shape index (κ2) is 8.13. The number of aliphatic hydroxyl groups is 1. The van der Waals surface area contributed by atoms with Gasteiger partial charge in [-0.05, 0) is 30.3 Å². The molecule has 0 aliphatic heterocycles. The quantitative estimate of drug-likeness (QED) is 0.435. The highest BCUT2D eigenvalue weighted by molar-refractivity contribution is 9.10. The first-order chi connectivity index (χ1) is 11.9. The van der Waals surface area contributed by atoms with Crippen LogP contribution >= 0.6 is 15.9 Å². The van der Waals surface area contributed by atoms with Crippen LogP contribution in [0.15, 0.2) is 53.0 Å². The van der Waals surface area contributed by atoms with Crippen LogP contribution in [0.2, 0.25) is 0 Å². The van der Waals surface area contributed by atoms with E-state index < -0.39 is 17.5 Å². The van der Waals surface area contributed by atoms with Crippen molar-refractivity contribution in [3.05, 3.63) is 69.7 Å². The van der Waals surface area contributed by atoms with Gasteiger partial charge < -0.3 is 14.9 Å². The van der Waals surface area contributed by atoms with Crippen molar-refractivity contribution in [2.24, 2.45) is 0 Å². The van der Waals surface area contributed by atoms with E-state index >= 15 is 0 Å². The smallest absolute Gasteiger partial charge is 0.376 e. The van der Waals surface area contributed by atoms with Crippen LogP contribution in [0.25, 0.3) is 5.76 Å². The van der Waals surface area contributed by atoms with E-state index in [1.54, 1.807) is 30.3 Å². The second-order valence-corrected chi connectivity index (χ2v) is 5.84. The molecule has 0 fully saturated rings. The molecule has 0 aromatic heterocycles. The summed E-state index contributed by atoms with van der Waals surface area (Å²) in [6.07, 6.45) is 0.629. The lowest BCUT2D eigenvalue weighted by Crippen LogP contribution is -2.09. The molecule has 0 atom stereocenters. The molecule has 0 unspecified atom stereocenters. The lowest BCUT2D eigenvalue weighted by molar-refractivity contribution is -0.146. The highest BCUT2D eigenvalue weighted by Gasteiger charge is 2.11. The zero-order valence-corrected chi connectivity index (χ0v) is 14.4. The molecule has 126 valence electrons. The van der Waals surface area contributed by atoms with Crippen molar-refractivity contribution in [3.63, 3.8) is 0 Å². The van der Waals surface area contributed by atoms with Crippen LogP contribution in [-0.2, 0) is 16.2 Å². The Balaban J connectivity index is 2.18. The Bertz CT molecular complexity index is 899. The van der Waals surface area contributed by atoms with Gasteiger partial charge in [-0.25, -0.2) is 4.79 Å². The van der Waals surface area contributed by atoms with Gasteiger partial charge in [0.1, 0.15) is 18.1 Å². The molecule has 0 aliphatic rings. The van der Waals surface area contributed by atoms with Crippen molar-refractivity contribution < 1.29 is 24.5 Å². The number of carboxylic acid groups (broad SMARTS) is 1. The van der Waals surface area contributed by atoms with E-state index in [1.165, 1.54) is 12.1 Å². The Morgan fingerprint density at radius 1 is 1.20 bits per heavy atom. The number of aliphatic hydroxyl groups excluding tert-OH is 1. The summed E-state index contributed by atoms with van der Waals surface area (Å²) in [5.74, 6) is -2.96. The lowest BCUT2D eigenvalue weighted by atomic mass is 10.1. The second-order valence-electron chi connectivity index (χ2n) is 4.93. The Morgan fingerprint density at radius 2 is 1.96 bits per heavy atom. The number of carboxylic acids is 1. The van der Waals surface area contributed by atoms with Gasteiger partial charge in [0, 0.05) is 21.7 Å². The first kappa shape index (κ1) is 18.2. The molecule has 0 aliphatic carbocycles. The Hall–Kier alpha value is -3.11. The van der Waals surface area contributed by atoms with Crippen molar-refractivity contribution >= 4 is 33.4 Å². The standard InChI is InChI=1S/C18H12BrNO5/c19-14-5-4-12(9-20)13(6-14)10-25-15-3-1-2-11(7-15)16(21)8-17(22)18(23)24/h1-8,21H,10H2,(H,23,24)/b16-8-. The summed E-state index contributed by atoms with van der Waals surface area (Å²) in [5.41, 5.74) is 1.40. The third kappa shape index (κ3) is 4.93. The fourth-order valence-corrected chi connectivity index (χ4v) is 2.37. The van der Waals surface area contributed by atoms with E-state index in [2.05, 4.69) is 22.0 Å². The zero-order valence-electron chi connectivity index (χ0n) is 12.8. The topological polar surface area (TPSA) is 108 Å². The normalized spacial score (nSPS) is 10.8. The van der Waals surface area contributed by atoms with Gasteiger partial charge in [-0.15, -0.1) is 0 Å². The van der Waals surface area contributed by atoms with Crippen LogP contribution in [0.1, 0.15) is 16.7 Å². The fraction of sp³-hybridized carbons (Fsp3) is 0.0556. The number of nitrogens with zero attached hydrogens (tertiary/aromatic N) is 1. The number of halogens is 1. The van der Waals surface area contributed by atoms with E-state index in [0.717, 1.165) is 4.47 Å². The van der Waals surface area contributed by atoms with E-state index in [4.69, 9.17) is 15.1 Å². The van der Waals surface area contributed by atoms with Crippen molar-refractivity contribution in [2.75, 3.05) is 0 Å². The van der Waals surface area contributed by atoms with E-state index in [0.29, 0.717) is 23.0 Å². The highest BCUT2D eigenvalue weighted by atomic mass is 79.9. The number of carbonyl (C=O) groups is 2. The Kier molecular flexibility index (Phi) is 5.93. The first-order valence-corrected chi connectivity index (χ1v) is 7.79. The monoisotopic (exact) mass is 401 g/mol. The molecule has 0 bridgehead atoms. The number of carbonyl (C=O) groups excluding carboxylic acids is 1. The SMILES string of the molecule is N#Cc1ccc(Br)cc1COc1cccc(/C(O)=C/C(=O)C(=O)O)c1. The summed E-state index contributed by atoms with van der Waals surface area (Å²) < 4.78 is 6.43. The molecular weight excluding hydrogens is 390 g/mol.